The Morgan fingerprint density at radius 3 is 2.72 bits per heavy atom. The number of amides is 1. The van der Waals surface area contributed by atoms with Gasteiger partial charge in [0.2, 0.25) is 5.91 Å². The van der Waals surface area contributed by atoms with Gasteiger partial charge in [-0.05, 0) is 31.6 Å². The van der Waals surface area contributed by atoms with Gasteiger partial charge in [-0.1, -0.05) is 39.5 Å². The Bertz CT molecular complexity index is 292. The molecule has 1 saturated carbocycles. The number of hydrogen-bond acceptors (Lipinski definition) is 2. The summed E-state index contributed by atoms with van der Waals surface area (Å²) in [4.78, 5) is 14.5. The van der Waals surface area contributed by atoms with Crippen molar-refractivity contribution < 1.29 is 4.79 Å². The van der Waals surface area contributed by atoms with Crippen molar-refractivity contribution in [1.82, 2.24) is 10.2 Å². The zero-order valence-corrected chi connectivity index (χ0v) is 12.1. The highest BCUT2D eigenvalue weighted by Gasteiger charge is 2.38. The molecule has 3 heteroatoms. The molecule has 1 aliphatic heterocycles. The first kappa shape index (κ1) is 13.9. The highest BCUT2D eigenvalue weighted by atomic mass is 16.2. The standard InChI is InChI=1S/C15H28N2O/c1-4-5-9-14-15(18)17(12(3)16-14)10-13-8-6-7-11(13)2/h11-14,16H,4-10H2,1-3H3. The van der Waals surface area contributed by atoms with Crippen LogP contribution in [-0.4, -0.2) is 29.6 Å². The number of carbonyl (C=O) groups excluding carboxylic acids is 1. The molecule has 0 bridgehead atoms. The maximum atomic E-state index is 12.4. The lowest BCUT2D eigenvalue weighted by atomic mass is 9.97. The van der Waals surface area contributed by atoms with Gasteiger partial charge in [0, 0.05) is 6.54 Å². The van der Waals surface area contributed by atoms with Gasteiger partial charge >= 0.3 is 0 Å². The zero-order chi connectivity index (χ0) is 13.1. The predicted octanol–water partition coefficient (Wildman–Crippen LogP) is 2.76. The van der Waals surface area contributed by atoms with Gasteiger partial charge in [-0.25, -0.2) is 0 Å². The van der Waals surface area contributed by atoms with Gasteiger partial charge < -0.3 is 4.90 Å². The summed E-state index contributed by atoms with van der Waals surface area (Å²) in [7, 11) is 0. The molecule has 0 aromatic carbocycles. The summed E-state index contributed by atoms with van der Waals surface area (Å²) in [6.07, 6.45) is 7.52. The van der Waals surface area contributed by atoms with E-state index >= 15 is 0 Å². The van der Waals surface area contributed by atoms with Crippen molar-refractivity contribution in [2.45, 2.75) is 71.5 Å². The fourth-order valence-corrected chi connectivity index (χ4v) is 3.45. The second-order valence-electron chi connectivity index (χ2n) is 6.20. The summed E-state index contributed by atoms with van der Waals surface area (Å²) in [6.45, 7) is 7.62. The first-order valence-electron chi connectivity index (χ1n) is 7.70. The molecule has 0 aromatic heterocycles. The summed E-state index contributed by atoms with van der Waals surface area (Å²) >= 11 is 0. The zero-order valence-electron chi connectivity index (χ0n) is 12.1. The van der Waals surface area contributed by atoms with Crippen molar-refractivity contribution >= 4 is 5.91 Å². The van der Waals surface area contributed by atoms with Crippen molar-refractivity contribution in [2.24, 2.45) is 11.8 Å². The molecule has 1 N–H and O–H groups in total. The van der Waals surface area contributed by atoms with Gasteiger partial charge in [0.05, 0.1) is 12.2 Å². The van der Waals surface area contributed by atoms with E-state index in [-0.39, 0.29) is 12.2 Å². The van der Waals surface area contributed by atoms with Crippen molar-refractivity contribution in [3.8, 4) is 0 Å². The molecule has 1 heterocycles. The lowest BCUT2D eigenvalue weighted by Gasteiger charge is -2.26. The molecule has 2 rings (SSSR count). The molecule has 0 spiro atoms. The van der Waals surface area contributed by atoms with Crippen LogP contribution in [0.4, 0.5) is 0 Å². The highest BCUT2D eigenvalue weighted by Crippen LogP contribution is 2.32. The van der Waals surface area contributed by atoms with Crippen LogP contribution in [0.3, 0.4) is 0 Å². The van der Waals surface area contributed by atoms with Gasteiger partial charge in [0.1, 0.15) is 0 Å². The van der Waals surface area contributed by atoms with Crippen LogP contribution in [0.1, 0.15) is 59.3 Å². The predicted molar refractivity (Wildman–Crippen MR) is 74.1 cm³/mol. The molecule has 1 aliphatic carbocycles. The van der Waals surface area contributed by atoms with Crippen LogP contribution in [0.2, 0.25) is 0 Å². The molecule has 4 unspecified atom stereocenters. The van der Waals surface area contributed by atoms with E-state index in [2.05, 4.69) is 31.0 Å². The monoisotopic (exact) mass is 252 g/mol. The minimum Gasteiger partial charge on any atom is -0.326 e. The average molecular weight is 252 g/mol. The number of nitrogens with zero attached hydrogens (tertiary/aromatic N) is 1. The number of hydrogen-bond donors (Lipinski definition) is 1. The lowest BCUT2D eigenvalue weighted by Crippen LogP contribution is -2.39. The average Bonchev–Trinajstić information content (AvgIpc) is 2.86. The van der Waals surface area contributed by atoms with E-state index in [1.807, 2.05) is 0 Å². The van der Waals surface area contributed by atoms with Crippen LogP contribution in [0.25, 0.3) is 0 Å². The van der Waals surface area contributed by atoms with Crippen molar-refractivity contribution in [3.63, 3.8) is 0 Å². The Kier molecular flexibility index (Phi) is 4.66. The summed E-state index contributed by atoms with van der Waals surface area (Å²) in [5.41, 5.74) is 0. The van der Waals surface area contributed by atoms with E-state index in [0.717, 1.165) is 31.2 Å². The maximum absolute atomic E-state index is 12.4. The van der Waals surface area contributed by atoms with Crippen LogP contribution >= 0.6 is 0 Å². The number of carbonyl (C=O) groups is 1. The summed E-state index contributed by atoms with van der Waals surface area (Å²) in [5, 5.41) is 3.45. The van der Waals surface area contributed by atoms with Crippen LogP contribution in [0.15, 0.2) is 0 Å². The second kappa shape index (κ2) is 6.05. The minimum absolute atomic E-state index is 0.0802. The molecule has 2 fully saturated rings. The molecule has 2 aliphatic rings. The van der Waals surface area contributed by atoms with Crippen LogP contribution in [0.5, 0.6) is 0 Å². The van der Waals surface area contributed by atoms with E-state index < -0.39 is 0 Å². The first-order chi connectivity index (χ1) is 8.63. The number of rotatable bonds is 5. The Morgan fingerprint density at radius 2 is 2.11 bits per heavy atom. The van der Waals surface area contributed by atoms with Crippen molar-refractivity contribution in [1.29, 1.82) is 0 Å². The number of unbranched alkanes of at least 4 members (excludes halogenated alkanes) is 1. The largest absolute Gasteiger partial charge is 0.326 e. The summed E-state index contributed by atoms with van der Waals surface area (Å²) in [5.74, 6) is 1.86. The summed E-state index contributed by atoms with van der Waals surface area (Å²) < 4.78 is 0. The van der Waals surface area contributed by atoms with Crippen LogP contribution in [-0.2, 0) is 4.79 Å². The first-order valence-corrected chi connectivity index (χ1v) is 7.70. The SMILES string of the molecule is CCCCC1NC(C)N(CC2CCCC2C)C1=O. The van der Waals surface area contributed by atoms with Crippen molar-refractivity contribution in [2.75, 3.05) is 6.54 Å². The molecule has 4 atom stereocenters. The Balaban J connectivity index is 1.90. The third-order valence-electron chi connectivity index (χ3n) is 4.81. The van der Waals surface area contributed by atoms with Gasteiger partial charge in [-0.3, -0.25) is 10.1 Å². The van der Waals surface area contributed by atoms with Crippen LogP contribution in [0, 0.1) is 11.8 Å². The second-order valence-corrected chi connectivity index (χ2v) is 6.20. The van der Waals surface area contributed by atoms with E-state index in [4.69, 9.17) is 0 Å². The Hall–Kier alpha value is -0.570. The van der Waals surface area contributed by atoms with Crippen molar-refractivity contribution in [3.05, 3.63) is 0 Å². The van der Waals surface area contributed by atoms with Gasteiger partial charge in [-0.15, -0.1) is 0 Å². The quantitative estimate of drug-likeness (QED) is 0.816. The molecule has 18 heavy (non-hydrogen) atoms. The third kappa shape index (κ3) is 2.87. The van der Waals surface area contributed by atoms with Gasteiger partial charge in [0.25, 0.3) is 0 Å². The topological polar surface area (TPSA) is 32.3 Å². The van der Waals surface area contributed by atoms with E-state index in [1.165, 1.54) is 25.7 Å². The smallest absolute Gasteiger partial charge is 0.241 e. The Morgan fingerprint density at radius 1 is 1.33 bits per heavy atom. The molecular weight excluding hydrogens is 224 g/mol. The fraction of sp³-hybridized carbons (Fsp3) is 0.933. The Labute approximate surface area is 111 Å². The maximum Gasteiger partial charge on any atom is 0.241 e. The van der Waals surface area contributed by atoms with Gasteiger partial charge in [-0.2, -0.15) is 0 Å². The minimum atomic E-state index is 0.0802. The fourth-order valence-electron chi connectivity index (χ4n) is 3.45. The van der Waals surface area contributed by atoms with E-state index in [9.17, 15) is 4.79 Å². The highest BCUT2D eigenvalue weighted by molar-refractivity contribution is 5.84. The molecule has 1 amide bonds. The lowest BCUT2D eigenvalue weighted by molar-refractivity contribution is -0.130. The number of nitrogens with one attached hydrogen (secondary N) is 1. The molecule has 0 radical (unpaired) electrons. The summed E-state index contributed by atoms with van der Waals surface area (Å²) in [6, 6.07) is 0.0802. The molecule has 1 saturated heterocycles. The van der Waals surface area contributed by atoms with E-state index in [1.54, 1.807) is 0 Å². The third-order valence-corrected chi connectivity index (χ3v) is 4.81. The normalized spacial score (nSPS) is 36.6. The molecule has 3 nitrogen and oxygen atoms in total. The van der Waals surface area contributed by atoms with E-state index in [0.29, 0.717) is 5.91 Å². The van der Waals surface area contributed by atoms with Crippen LogP contribution < -0.4 is 5.32 Å². The van der Waals surface area contributed by atoms with Gasteiger partial charge in [0.15, 0.2) is 0 Å². The molecule has 104 valence electrons. The molecular formula is C15H28N2O. The molecule has 0 aromatic rings.